The van der Waals surface area contributed by atoms with E-state index < -0.39 is 11.9 Å². The summed E-state index contributed by atoms with van der Waals surface area (Å²) in [4.78, 5) is 4.85. The van der Waals surface area contributed by atoms with Gasteiger partial charge >= 0.3 is 0 Å². The van der Waals surface area contributed by atoms with Gasteiger partial charge in [0.1, 0.15) is 5.82 Å². The summed E-state index contributed by atoms with van der Waals surface area (Å²) in [5.74, 6) is -0.397. The topological polar surface area (TPSA) is 33.1 Å². The first-order valence-electron chi connectivity index (χ1n) is 4.67. The molecule has 0 radical (unpaired) electrons. The Morgan fingerprint density at radius 3 is 2.94 bits per heavy atom. The van der Waals surface area contributed by atoms with Crippen LogP contribution in [0.4, 0.5) is 4.39 Å². The molecule has 0 bridgehead atoms. The Morgan fingerprint density at radius 1 is 1.50 bits per heavy atom. The van der Waals surface area contributed by atoms with Crippen LogP contribution in [0.3, 0.4) is 0 Å². The van der Waals surface area contributed by atoms with E-state index in [0.29, 0.717) is 16.5 Å². The van der Waals surface area contributed by atoms with E-state index in [-0.39, 0.29) is 0 Å². The first kappa shape index (κ1) is 11.7. The molecule has 0 saturated carbocycles. The van der Waals surface area contributed by atoms with Crippen LogP contribution in [0.25, 0.3) is 0 Å². The van der Waals surface area contributed by atoms with E-state index in [4.69, 9.17) is 0 Å². The number of aliphatic hydroxyl groups is 1. The van der Waals surface area contributed by atoms with Gasteiger partial charge in [-0.05, 0) is 12.1 Å². The van der Waals surface area contributed by atoms with Crippen LogP contribution >= 0.6 is 27.3 Å². The zero-order valence-corrected chi connectivity index (χ0v) is 10.6. The van der Waals surface area contributed by atoms with Crippen LogP contribution in [-0.2, 0) is 6.42 Å². The molecule has 1 N–H and O–H groups in total. The minimum Gasteiger partial charge on any atom is -0.388 e. The van der Waals surface area contributed by atoms with Gasteiger partial charge < -0.3 is 5.11 Å². The van der Waals surface area contributed by atoms with Gasteiger partial charge in [0.15, 0.2) is 0 Å². The smallest absolute Gasteiger partial charge is 0.130 e. The fourth-order valence-electron chi connectivity index (χ4n) is 1.42. The van der Waals surface area contributed by atoms with Gasteiger partial charge in [0, 0.05) is 27.5 Å². The van der Waals surface area contributed by atoms with Gasteiger partial charge in [0.25, 0.3) is 0 Å². The number of thiazole rings is 1. The first-order valence-corrected chi connectivity index (χ1v) is 6.34. The van der Waals surface area contributed by atoms with Gasteiger partial charge in [-0.3, -0.25) is 4.98 Å². The van der Waals surface area contributed by atoms with Crippen LogP contribution in [-0.4, -0.2) is 10.1 Å². The molecule has 1 aromatic carbocycles. The monoisotopic (exact) mass is 301 g/mol. The number of benzene rings is 1. The lowest BCUT2D eigenvalue weighted by Gasteiger charge is -2.10. The summed E-state index contributed by atoms with van der Waals surface area (Å²) < 4.78 is 14.2. The van der Waals surface area contributed by atoms with E-state index >= 15 is 0 Å². The Hall–Kier alpha value is -0.780. The van der Waals surface area contributed by atoms with Gasteiger partial charge in [0.2, 0.25) is 0 Å². The Bertz CT molecular complexity index is 475. The van der Waals surface area contributed by atoms with E-state index in [9.17, 15) is 9.50 Å². The van der Waals surface area contributed by atoms with Gasteiger partial charge in [0.05, 0.1) is 11.6 Å². The van der Waals surface area contributed by atoms with Crippen molar-refractivity contribution < 1.29 is 9.50 Å². The Balaban J connectivity index is 2.17. The normalized spacial score (nSPS) is 12.7. The molecule has 0 saturated heterocycles. The van der Waals surface area contributed by atoms with Crippen LogP contribution in [0, 0.1) is 5.82 Å². The molecule has 0 fully saturated rings. The molecule has 1 heterocycles. The summed E-state index contributed by atoms with van der Waals surface area (Å²) in [6.45, 7) is 0. The quantitative estimate of drug-likeness (QED) is 0.943. The van der Waals surface area contributed by atoms with Crippen molar-refractivity contribution in [2.24, 2.45) is 0 Å². The molecule has 1 unspecified atom stereocenters. The highest BCUT2D eigenvalue weighted by atomic mass is 79.9. The number of rotatable bonds is 3. The SMILES string of the molecule is OC(Cc1cncs1)c1ccc(Br)cc1F. The average Bonchev–Trinajstić information content (AvgIpc) is 2.70. The van der Waals surface area contributed by atoms with Crippen molar-refractivity contribution in [3.8, 4) is 0 Å². The number of aliphatic hydroxyl groups excluding tert-OH is 1. The van der Waals surface area contributed by atoms with E-state index in [2.05, 4.69) is 20.9 Å². The molecule has 2 aromatic rings. The lowest BCUT2D eigenvalue weighted by Crippen LogP contribution is -2.03. The number of aromatic nitrogens is 1. The van der Waals surface area contributed by atoms with Crippen molar-refractivity contribution in [1.82, 2.24) is 4.98 Å². The van der Waals surface area contributed by atoms with Crippen molar-refractivity contribution >= 4 is 27.3 Å². The summed E-state index contributed by atoms with van der Waals surface area (Å²) in [7, 11) is 0. The van der Waals surface area contributed by atoms with Crippen molar-refractivity contribution in [2.45, 2.75) is 12.5 Å². The van der Waals surface area contributed by atoms with Gasteiger partial charge in [-0.2, -0.15) is 0 Å². The molecule has 2 rings (SSSR count). The van der Waals surface area contributed by atoms with Crippen LogP contribution in [0.1, 0.15) is 16.5 Å². The summed E-state index contributed by atoms with van der Waals surface area (Å²) in [5.41, 5.74) is 2.01. The average molecular weight is 302 g/mol. The fraction of sp³-hybridized carbons (Fsp3) is 0.182. The summed E-state index contributed by atoms with van der Waals surface area (Å²) in [6.07, 6.45) is 1.25. The van der Waals surface area contributed by atoms with Crippen LogP contribution in [0.15, 0.2) is 34.4 Å². The molecule has 5 heteroatoms. The zero-order valence-electron chi connectivity index (χ0n) is 8.23. The van der Waals surface area contributed by atoms with E-state index in [1.165, 1.54) is 17.4 Å². The molecular weight excluding hydrogens is 293 g/mol. The maximum absolute atomic E-state index is 13.5. The lowest BCUT2D eigenvalue weighted by molar-refractivity contribution is 0.174. The molecule has 0 spiro atoms. The molecule has 2 nitrogen and oxygen atoms in total. The summed E-state index contributed by atoms with van der Waals surface area (Å²) >= 11 is 4.63. The van der Waals surface area contributed by atoms with E-state index in [1.807, 2.05) is 0 Å². The van der Waals surface area contributed by atoms with Crippen LogP contribution < -0.4 is 0 Å². The molecule has 0 aliphatic heterocycles. The van der Waals surface area contributed by atoms with Gasteiger partial charge in [-0.15, -0.1) is 11.3 Å². The van der Waals surface area contributed by atoms with E-state index in [1.54, 1.807) is 23.8 Å². The Labute approximate surface area is 105 Å². The highest BCUT2D eigenvalue weighted by Gasteiger charge is 2.14. The number of hydrogen-bond donors (Lipinski definition) is 1. The number of nitrogens with zero attached hydrogens (tertiary/aromatic N) is 1. The Kier molecular flexibility index (Phi) is 3.68. The molecule has 84 valence electrons. The molecule has 16 heavy (non-hydrogen) atoms. The van der Waals surface area contributed by atoms with E-state index in [0.717, 1.165) is 4.88 Å². The summed E-state index contributed by atoms with van der Waals surface area (Å²) in [6, 6.07) is 4.66. The van der Waals surface area contributed by atoms with Gasteiger partial charge in [-0.1, -0.05) is 22.0 Å². The maximum atomic E-state index is 13.5. The van der Waals surface area contributed by atoms with Crippen molar-refractivity contribution in [1.29, 1.82) is 0 Å². The van der Waals surface area contributed by atoms with Crippen molar-refractivity contribution in [3.63, 3.8) is 0 Å². The predicted octanol–water partition coefficient (Wildman–Crippen LogP) is 3.32. The van der Waals surface area contributed by atoms with Gasteiger partial charge in [-0.25, -0.2) is 4.39 Å². The highest BCUT2D eigenvalue weighted by Crippen LogP contribution is 2.24. The molecule has 1 aromatic heterocycles. The molecular formula is C11H9BrFNOS. The largest absolute Gasteiger partial charge is 0.388 e. The highest BCUT2D eigenvalue weighted by molar-refractivity contribution is 9.10. The number of hydrogen-bond acceptors (Lipinski definition) is 3. The maximum Gasteiger partial charge on any atom is 0.130 e. The second kappa shape index (κ2) is 5.03. The number of halogens is 2. The predicted molar refractivity (Wildman–Crippen MR) is 64.9 cm³/mol. The zero-order chi connectivity index (χ0) is 11.5. The second-order valence-corrected chi connectivity index (χ2v) is 5.24. The third-order valence-electron chi connectivity index (χ3n) is 2.20. The standard InChI is InChI=1S/C11H9BrFNOS/c12-7-1-2-9(10(13)3-7)11(15)4-8-5-14-6-16-8/h1-3,5-6,11,15H,4H2. The third-order valence-corrected chi connectivity index (χ3v) is 3.49. The minimum absolute atomic E-state index is 0.316. The van der Waals surface area contributed by atoms with Crippen LogP contribution in [0.5, 0.6) is 0 Å². The lowest BCUT2D eigenvalue weighted by atomic mass is 10.1. The van der Waals surface area contributed by atoms with Crippen molar-refractivity contribution in [2.75, 3.05) is 0 Å². The third kappa shape index (κ3) is 2.66. The first-order chi connectivity index (χ1) is 7.66. The van der Waals surface area contributed by atoms with Crippen molar-refractivity contribution in [3.05, 3.63) is 50.6 Å². The van der Waals surface area contributed by atoms with Crippen LogP contribution in [0.2, 0.25) is 0 Å². The molecule has 1 atom stereocenters. The molecule has 0 aliphatic carbocycles. The second-order valence-electron chi connectivity index (χ2n) is 3.35. The minimum atomic E-state index is -0.825. The molecule has 0 aliphatic rings. The molecule has 0 amide bonds. The summed E-state index contributed by atoms with van der Waals surface area (Å²) in [5, 5.41) is 9.89. The Morgan fingerprint density at radius 2 is 2.31 bits per heavy atom. The fourth-order valence-corrected chi connectivity index (χ4v) is 2.38.